The van der Waals surface area contributed by atoms with Crippen LogP contribution in [0.2, 0.25) is 0 Å². The van der Waals surface area contributed by atoms with Crippen molar-refractivity contribution in [2.45, 2.75) is 19.1 Å². The average Bonchev–Trinajstić information content (AvgIpc) is 3.12. The van der Waals surface area contributed by atoms with E-state index in [-0.39, 0.29) is 11.7 Å². The van der Waals surface area contributed by atoms with Gasteiger partial charge in [-0.15, -0.1) is 0 Å². The maximum absolute atomic E-state index is 11.6. The van der Waals surface area contributed by atoms with E-state index < -0.39 is 5.97 Å². The van der Waals surface area contributed by atoms with Gasteiger partial charge in [-0.25, -0.2) is 4.79 Å². The molecule has 1 N–H and O–H groups in total. The van der Waals surface area contributed by atoms with Crippen molar-refractivity contribution in [3.05, 3.63) is 47.8 Å². The number of benzene rings is 1. The quantitative estimate of drug-likeness (QED) is 0.915. The molecule has 1 aromatic carbocycles. The smallest absolute Gasteiger partial charge is 0.358 e. The molecule has 1 unspecified atom stereocenters. The van der Waals surface area contributed by atoms with Gasteiger partial charge in [0.1, 0.15) is 6.61 Å². The molecule has 3 rings (SSSR count). The number of likely N-dealkylation sites (tertiary alicyclic amines) is 1. The number of hydrogen-bond donors (Lipinski definition) is 1. The zero-order valence-corrected chi connectivity index (χ0v) is 12.5. The van der Waals surface area contributed by atoms with Crippen molar-refractivity contribution in [3.8, 4) is 5.75 Å². The monoisotopic (exact) mass is 301 g/mol. The maximum atomic E-state index is 11.6. The van der Waals surface area contributed by atoms with Crippen molar-refractivity contribution in [1.29, 1.82) is 0 Å². The third-order valence-electron chi connectivity index (χ3n) is 3.91. The van der Waals surface area contributed by atoms with E-state index in [0.29, 0.717) is 12.4 Å². The number of hydrogen-bond acceptors (Lipinski definition) is 4. The highest BCUT2D eigenvalue weighted by Gasteiger charge is 2.28. The van der Waals surface area contributed by atoms with Crippen molar-refractivity contribution in [1.82, 2.24) is 14.7 Å². The molecule has 0 radical (unpaired) electrons. The van der Waals surface area contributed by atoms with Crippen LogP contribution in [0.1, 0.15) is 28.5 Å². The minimum atomic E-state index is -1.00. The average molecular weight is 301 g/mol. The minimum Gasteiger partial charge on any atom is -0.485 e. The number of aromatic carboxylic acids is 1. The summed E-state index contributed by atoms with van der Waals surface area (Å²) < 4.78 is 7.26. The fourth-order valence-corrected chi connectivity index (χ4v) is 2.78. The molecule has 1 fully saturated rings. The van der Waals surface area contributed by atoms with Crippen LogP contribution < -0.4 is 4.74 Å². The summed E-state index contributed by atoms with van der Waals surface area (Å²) in [6.07, 6.45) is 2.40. The second-order valence-electron chi connectivity index (χ2n) is 5.59. The van der Waals surface area contributed by atoms with Crippen LogP contribution in [0.15, 0.2) is 36.5 Å². The van der Waals surface area contributed by atoms with E-state index in [0.717, 1.165) is 25.1 Å². The van der Waals surface area contributed by atoms with Gasteiger partial charge in [0.25, 0.3) is 0 Å². The molecule has 0 aliphatic carbocycles. The normalized spacial score (nSPS) is 18.5. The van der Waals surface area contributed by atoms with Gasteiger partial charge in [0.15, 0.2) is 11.4 Å². The standard InChI is InChI=1S/C16H19N3O3/c1-18-8-7-13(10-18)19-15(16(20)21)14(9-17-19)22-11-12-5-3-2-4-6-12/h2-6,9,13H,7-8,10-11H2,1H3,(H,20,21). The van der Waals surface area contributed by atoms with E-state index in [9.17, 15) is 9.90 Å². The number of carbonyl (C=O) groups is 1. The van der Waals surface area contributed by atoms with Crippen LogP contribution in [0.3, 0.4) is 0 Å². The SMILES string of the molecule is CN1CCC(n2ncc(OCc3ccccc3)c2C(=O)O)C1. The Bertz CT molecular complexity index is 654. The predicted octanol–water partition coefficient (Wildman–Crippen LogP) is 2.04. The molecular formula is C16H19N3O3. The Hall–Kier alpha value is -2.34. The van der Waals surface area contributed by atoms with Gasteiger partial charge in [0.2, 0.25) is 0 Å². The maximum Gasteiger partial charge on any atom is 0.358 e. The molecular weight excluding hydrogens is 282 g/mol. The molecule has 0 amide bonds. The molecule has 22 heavy (non-hydrogen) atoms. The Balaban J connectivity index is 1.79. The lowest BCUT2D eigenvalue weighted by atomic mass is 10.2. The Morgan fingerprint density at radius 2 is 2.18 bits per heavy atom. The Kier molecular flexibility index (Phi) is 4.11. The lowest BCUT2D eigenvalue weighted by Crippen LogP contribution is -2.20. The number of likely N-dealkylation sites (N-methyl/N-ethyl adjacent to an activating group) is 1. The molecule has 2 aromatic rings. The molecule has 2 heterocycles. The second kappa shape index (κ2) is 6.19. The summed E-state index contributed by atoms with van der Waals surface area (Å²) in [6.45, 7) is 2.08. The van der Waals surface area contributed by atoms with E-state index in [1.54, 1.807) is 4.68 Å². The third kappa shape index (κ3) is 2.96. The van der Waals surface area contributed by atoms with Crippen LogP contribution in [-0.2, 0) is 6.61 Å². The van der Waals surface area contributed by atoms with Crippen molar-refractivity contribution in [2.24, 2.45) is 0 Å². The summed E-state index contributed by atoms with van der Waals surface area (Å²) in [5.41, 5.74) is 1.13. The van der Waals surface area contributed by atoms with Gasteiger partial charge in [0, 0.05) is 6.54 Å². The predicted molar refractivity (Wildman–Crippen MR) is 81.1 cm³/mol. The first-order chi connectivity index (χ1) is 10.6. The molecule has 6 heteroatoms. The summed E-state index contributed by atoms with van der Waals surface area (Å²) in [7, 11) is 2.02. The molecule has 6 nitrogen and oxygen atoms in total. The number of rotatable bonds is 5. The highest BCUT2D eigenvalue weighted by Crippen LogP contribution is 2.27. The van der Waals surface area contributed by atoms with Gasteiger partial charge >= 0.3 is 5.97 Å². The Labute approximate surface area is 128 Å². The first-order valence-corrected chi connectivity index (χ1v) is 7.31. The van der Waals surface area contributed by atoms with Crippen LogP contribution in [-0.4, -0.2) is 45.9 Å². The molecule has 116 valence electrons. The molecule has 1 saturated heterocycles. The van der Waals surface area contributed by atoms with Gasteiger partial charge in [-0.1, -0.05) is 30.3 Å². The third-order valence-corrected chi connectivity index (χ3v) is 3.91. The number of carboxylic acids is 1. The topological polar surface area (TPSA) is 67.6 Å². The first-order valence-electron chi connectivity index (χ1n) is 7.31. The molecule has 0 bridgehead atoms. The van der Waals surface area contributed by atoms with Gasteiger partial charge < -0.3 is 14.7 Å². The molecule has 1 aliphatic rings. The fourth-order valence-electron chi connectivity index (χ4n) is 2.78. The zero-order chi connectivity index (χ0) is 15.5. The van der Waals surface area contributed by atoms with Crippen LogP contribution >= 0.6 is 0 Å². The largest absolute Gasteiger partial charge is 0.485 e. The summed E-state index contributed by atoms with van der Waals surface area (Å²) in [6, 6.07) is 9.75. The van der Waals surface area contributed by atoms with E-state index >= 15 is 0 Å². The number of aromatic nitrogens is 2. The van der Waals surface area contributed by atoms with Crippen LogP contribution in [0, 0.1) is 0 Å². The summed E-state index contributed by atoms with van der Waals surface area (Å²) in [5, 5.41) is 13.8. The molecule has 1 aromatic heterocycles. The van der Waals surface area contributed by atoms with Crippen LogP contribution in [0.5, 0.6) is 5.75 Å². The Morgan fingerprint density at radius 3 is 2.82 bits per heavy atom. The molecule has 1 aliphatic heterocycles. The lowest BCUT2D eigenvalue weighted by Gasteiger charge is -2.13. The second-order valence-corrected chi connectivity index (χ2v) is 5.59. The van der Waals surface area contributed by atoms with Gasteiger partial charge in [-0.2, -0.15) is 5.10 Å². The van der Waals surface area contributed by atoms with Crippen molar-refractivity contribution >= 4 is 5.97 Å². The molecule has 0 saturated carbocycles. The van der Waals surface area contributed by atoms with Crippen molar-refractivity contribution in [2.75, 3.05) is 20.1 Å². The van der Waals surface area contributed by atoms with E-state index in [2.05, 4.69) is 10.00 Å². The van der Waals surface area contributed by atoms with Gasteiger partial charge in [0.05, 0.1) is 12.2 Å². The highest BCUT2D eigenvalue weighted by atomic mass is 16.5. The van der Waals surface area contributed by atoms with Gasteiger partial charge in [-0.05, 0) is 25.6 Å². The fraction of sp³-hybridized carbons (Fsp3) is 0.375. The van der Waals surface area contributed by atoms with E-state index in [1.807, 2.05) is 37.4 Å². The number of ether oxygens (including phenoxy) is 1. The summed E-state index contributed by atoms with van der Waals surface area (Å²) in [5.74, 6) is -0.680. The lowest BCUT2D eigenvalue weighted by molar-refractivity contribution is 0.0674. The summed E-state index contributed by atoms with van der Waals surface area (Å²) in [4.78, 5) is 13.8. The number of carboxylic acid groups (broad SMARTS) is 1. The van der Waals surface area contributed by atoms with Gasteiger partial charge in [-0.3, -0.25) is 4.68 Å². The van der Waals surface area contributed by atoms with Crippen molar-refractivity contribution < 1.29 is 14.6 Å². The van der Waals surface area contributed by atoms with Crippen LogP contribution in [0.4, 0.5) is 0 Å². The number of nitrogens with zero attached hydrogens (tertiary/aromatic N) is 3. The highest BCUT2D eigenvalue weighted by molar-refractivity contribution is 5.88. The van der Waals surface area contributed by atoms with E-state index in [1.165, 1.54) is 6.20 Å². The van der Waals surface area contributed by atoms with E-state index in [4.69, 9.17) is 4.74 Å². The first kappa shape index (κ1) is 14.6. The van der Waals surface area contributed by atoms with Crippen LogP contribution in [0.25, 0.3) is 0 Å². The minimum absolute atomic E-state index is 0.0881. The molecule has 0 spiro atoms. The molecule has 1 atom stereocenters. The Morgan fingerprint density at radius 1 is 1.41 bits per heavy atom. The zero-order valence-electron chi connectivity index (χ0n) is 12.5. The van der Waals surface area contributed by atoms with Crippen molar-refractivity contribution in [3.63, 3.8) is 0 Å². The summed E-state index contributed by atoms with van der Waals surface area (Å²) >= 11 is 0.